The number of rotatable bonds is 4. The van der Waals surface area contributed by atoms with E-state index in [1.165, 1.54) is 6.07 Å². The molecule has 1 unspecified atom stereocenters. The van der Waals surface area contributed by atoms with Crippen LogP contribution in [-0.2, 0) is 0 Å². The third kappa shape index (κ3) is 3.38. The van der Waals surface area contributed by atoms with Gasteiger partial charge in [-0.15, -0.1) is 0 Å². The first-order valence-corrected chi connectivity index (χ1v) is 4.82. The van der Waals surface area contributed by atoms with E-state index in [9.17, 15) is 10.1 Å². The maximum absolute atomic E-state index is 10.7. The molecule has 3 N–H and O–H groups in total. The molecule has 0 radical (unpaired) electrons. The van der Waals surface area contributed by atoms with Crippen LogP contribution in [0.1, 0.15) is 6.92 Å². The van der Waals surface area contributed by atoms with Crippen LogP contribution in [-0.4, -0.2) is 17.5 Å². The van der Waals surface area contributed by atoms with Gasteiger partial charge in [-0.25, -0.2) is 0 Å². The van der Waals surface area contributed by atoms with Crippen LogP contribution in [0.15, 0.2) is 18.2 Å². The van der Waals surface area contributed by atoms with Crippen LogP contribution in [0.25, 0.3) is 0 Å². The first kappa shape index (κ1) is 11.7. The summed E-state index contributed by atoms with van der Waals surface area (Å²) < 4.78 is 0. The van der Waals surface area contributed by atoms with Crippen LogP contribution in [0.3, 0.4) is 0 Å². The SMILES string of the molecule is CC(N)CNc1ccc(Cl)cc1[N+](=O)[O-]. The zero-order valence-electron chi connectivity index (χ0n) is 8.24. The molecule has 0 aliphatic carbocycles. The van der Waals surface area contributed by atoms with Crippen molar-refractivity contribution >= 4 is 23.0 Å². The lowest BCUT2D eigenvalue weighted by Gasteiger charge is -2.09. The largest absolute Gasteiger partial charge is 0.378 e. The van der Waals surface area contributed by atoms with Crippen molar-refractivity contribution in [1.29, 1.82) is 0 Å². The van der Waals surface area contributed by atoms with Crippen LogP contribution in [0.5, 0.6) is 0 Å². The Morgan fingerprint density at radius 1 is 1.67 bits per heavy atom. The molecule has 0 aromatic heterocycles. The minimum Gasteiger partial charge on any atom is -0.378 e. The molecule has 82 valence electrons. The average Bonchev–Trinajstić information content (AvgIpc) is 2.15. The fourth-order valence-electron chi connectivity index (χ4n) is 1.08. The van der Waals surface area contributed by atoms with E-state index in [0.29, 0.717) is 17.3 Å². The van der Waals surface area contributed by atoms with Crippen molar-refractivity contribution in [3.63, 3.8) is 0 Å². The molecule has 15 heavy (non-hydrogen) atoms. The first-order valence-electron chi connectivity index (χ1n) is 4.44. The highest BCUT2D eigenvalue weighted by atomic mass is 35.5. The van der Waals surface area contributed by atoms with Gasteiger partial charge < -0.3 is 11.1 Å². The number of hydrogen-bond donors (Lipinski definition) is 2. The van der Waals surface area contributed by atoms with Gasteiger partial charge in [-0.05, 0) is 19.1 Å². The summed E-state index contributed by atoms with van der Waals surface area (Å²) in [6.07, 6.45) is 0. The zero-order valence-corrected chi connectivity index (χ0v) is 8.99. The molecule has 6 heteroatoms. The predicted molar refractivity (Wildman–Crippen MR) is 60.2 cm³/mol. The molecule has 0 fully saturated rings. The first-order chi connectivity index (χ1) is 7.00. The van der Waals surface area contributed by atoms with Gasteiger partial charge in [0.2, 0.25) is 0 Å². The van der Waals surface area contributed by atoms with E-state index in [-0.39, 0.29) is 11.7 Å². The normalized spacial score (nSPS) is 12.2. The summed E-state index contributed by atoms with van der Waals surface area (Å²) in [6, 6.07) is 4.41. The summed E-state index contributed by atoms with van der Waals surface area (Å²) in [7, 11) is 0. The highest BCUT2D eigenvalue weighted by molar-refractivity contribution is 6.30. The molecular weight excluding hydrogens is 218 g/mol. The quantitative estimate of drug-likeness (QED) is 0.611. The Labute approximate surface area is 92.4 Å². The molecule has 0 aliphatic rings. The molecule has 0 aliphatic heterocycles. The van der Waals surface area contributed by atoms with Crippen molar-refractivity contribution in [2.75, 3.05) is 11.9 Å². The van der Waals surface area contributed by atoms with E-state index < -0.39 is 4.92 Å². The molecule has 0 saturated heterocycles. The predicted octanol–water partition coefficient (Wildman–Crippen LogP) is 2.01. The average molecular weight is 230 g/mol. The number of nitro groups is 1. The smallest absolute Gasteiger partial charge is 0.293 e. The van der Waals surface area contributed by atoms with Crippen molar-refractivity contribution in [3.05, 3.63) is 33.3 Å². The third-order valence-electron chi connectivity index (χ3n) is 1.77. The summed E-state index contributed by atoms with van der Waals surface area (Å²) in [6.45, 7) is 2.29. The van der Waals surface area contributed by atoms with Crippen molar-refractivity contribution in [2.45, 2.75) is 13.0 Å². The minimum atomic E-state index is -0.477. The maximum atomic E-state index is 10.7. The van der Waals surface area contributed by atoms with Crippen LogP contribution in [0.2, 0.25) is 5.02 Å². The molecule has 1 aromatic rings. The van der Waals surface area contributed by atoms with Gasteiger partial charge in [0.25, 0.3) is 5.69 Å². The molecule has 0 saturated carbocycles. The Balaban J connectivity index is 2.91. The molecule has 5 nitrogen and oxygen atoms in total. The van der Waals surface area contributed by atoms with Crippen LogP contribution >= 0.6 is 11.6 Å². The summed E-state index contributed by atoms with van der Waals surface area (Å²) >= 11 is 5.67. The second-order valence-corrected chi connectivity index (χ2v) is 3.71. The number of nitro benzene ring substituents is 1. The van der Waals surface area contributed by atoms with Crippen LogP contribution in [0, 0.1) is 10.1 Å². The van der Waals surface area contributed by atoms with Crippen LogP contribution < -0.4 is 11.1 Å². The van der Waals surface area contributed by atoms with Gasteiger partial charge in [-0.1, -0.05) is 11.6 Å². The number of nitrogens with zero attached hydrogens (tertiary/aromatic N) is 1. The van der Waals surface area contributed by atoms with Gasteiger partial charge in [-0.3, -0.25) is 10.1 Å². The van der Waals surface area contributed by atoms with E-state index in [2.05, 4.69) is 5.32 Å². The molecule has 0 amide bonds. The lowest BCUT2D eigenvalue weighted by molar-refractivity contribution is -0.383. The monoisotopic (exact) mass is 229 g/mol. The molecule has 0 spiro atoms. The van der Waals surface area contributed by atoms with Crippen molar-refractivity contribution in [1.82, 2.24) is 0 Å². The van der Waals surface area contributed by atoms with Gasteiger partial charge in [-0.2, -0.15) is 0 Å². The Bertz CT molecular complexity index is 368. The summed E-state index contributed by atoms with van der Waals surface area (Å²) in [5.41, 5.74) is 5.93. The molecule has 1 atom stereocenters. The highest BCUT2D eigenvalue weighted by Crippen LogP contribution is 2.27. The molecule has 1 aromatic carbocycles. The Morgan fingerprint density at radius 2 is 2.33 bits per heavy atom. The van der Waals surface area contributed by atoms with Gasteiger partial charge >= 0.3 is 0 Å². The van der Waals surface area contributed by atoms with Gasteiger partial charge in [0.1, 0.15) is 5.69 Å². The molecule has 1 rings (SSSR count). The maximum Gasteiger partial charge on any atom is 0.293 e. The van der Waals surface area contributed by atoms with E-state index in [4.69, 9.17) is 17.3 Å². The number of benzene rings is 1. The molecule has 0 heterocycles. The van der Waals surface area contributed by atoms with Gasteiger partial charge in [0, 0.05) is 23.7 Å². The lowest BCUT2D eigenvalue weighted by Crippen LogP contribution is -2.25. The van der Waals surface area contributed by atoms with E-state index in [1.807, 2.05) is 6.92 Å². The van der Waals surface area contributed by atoms with Crippen molar-refractivity contribution < 1.29 is 4.92 Å². The highest BCUT2D eigenvalue weighted by Gasteiger charge is 2.13. The number of nitrogens with two attached hydrogens (primary N) is 1. The Morgan fingerprint density at radius 3 is 2.87 bits per heavy atom. The lowest BCUT2D eigenvalue weighted by atomic mass is 10.2. The minimum absolute atomic E-state index is 0.0387. The van der Waals surface area contributed by atoms with E-state index >= 15 is 0 Å². The summed E-state index contributed by atoms with van der Waals surface area (Å²) in [5.74, 6) is 0. The summed E-state index contributed by atoms with van der Waals surface area (Å²) in [4.78, 5) is 10.2. The third-order valence-corrected chi connectivity index (χ3v) is 2.01. The molecule has 0 bridgehead atoms. The zero-order chi connectivity index (χ0) is 11.4. The number of hydrogen-bond acceptors (Lipinski definition) is 4. The number of nitrogens with one attached hydrogen (secondary N) is 1. The standard InChI is InChI=1S/C9H12ClN3O2/c1-6(11)5-12-8-3-2-7(10)4-9(8)13(14)15/h2-4,6,12H,5,11H2,1H3. The topological polar surface area (TPSA) is 81.2 Å². The van der Waals surface area contributed by atoms with Gasteiger partial charge in [0.15, 0.2) is 0 Å². The Kier molecular flexibility index (Phi) is 3.88. The number of anilines is 1. The summed E-state index contributed by atoms with van der Waals surface area (Å²) in [5, 5.41) is 13.9. The molecular formula is C9H12ClN3O2. The van der Waals surface area contributed by atoms with E-state index in [0.717, 1.165) is 0 Å². The van der Waals surface area contributed by atoms with Crippen molar-refractivity contribution in [3.8, 4) is 0 Å². The Hall–Kier alpha value is -1.33. The van der Waals surface area contributed by atoms with Crippen molar-refractivity contribution in [2.24, 2.45) is 5.73 Å². The van der Waals surface area contributed by atoms with Gasteiger partial charge in [0.05, 0.1) is 4.92 Å². The second kappa shape index (κ2) is 4.95. The van der Waals surface area contributed by atoms with E-state index in [1.54, 1.807) is 12.1 Å². The van der Waals surface area contributed by atoms with Crippen LogP contribution in [0.4, 0.5) is 11.4 Å². The fraction of sp³-hybridized carbons (Fsp3) is 0.333. The number of halogens is 1. The fourth-order valence-corrected chi connectivity index (χ4v) is 1.24. The second-order valence-electron chi connectivity index (χ2n) is 3.28.